The van der Waals surface area contributed by atoms with E-state index in [4.69, 9.17) is 15.2 Å². The van der Waals surface area contributed by atoms with Gasteiger partial charge in [0.1, 0.15) is 5.82 Å². The molecule has 1 aliphatic rings. The van der Waals surface area contributed by atoms with E-state index in [0.29, 0.717) is 54.8 Å². The number of aromatic nitrogens is 3. The third-order valence-electron chi connectivity index (χ3n) is 5.65. The third-order valence-corrected chi connectivity index (χ3v) is 6.73. The number of benzene rings is 1. The first-order chi connectivity index (χ1) is 14.9. The van der Waals surface area contributed by atoms with Crippen molar-refractivity contribution < 1.29 is 19.4 Å². The molecule has 0 spiro atoms. The van der Waals surface area contributed by atoms with E-state index in [2.05, 4.69) is 15.0 Å². The summed E-state index contributed by atoms with van der Waals surface area (Å²) in [6.07, 6.45) is 1.36. The molecule has 0 radical (unpaired) electrons. The number of methoxy groups -OCH3 is 1. The second-order valence-corrected chi connectivity index (χ2v) is 8.61. The van der Waals surface area contributed by atoms with E-state index in [1.807, 2.05) is 25.1 Å². The Bertz CT molecular complexity index is 1090. The van der Waals surface area contributed by atoms with Gasteiger partial charge in [0.15, 0.2) is 11.5 Å². The maximum Gasteiger partial charge on any atom is 0.230 e. The standard InChI is InChI=1S/C21H27N5O4S/c1-4-30-15-6-5-14(11-16(15)29-3)17(25-9-7-13(8-10-25)19(22)27)18-20(28)26-21(31-18)23-12(2)24-26/h5-6,11,13,17,28H,4,7-10H2,1-3H3,(H2,22,27)/t17-/m0/s1. The van der Waals surface area contributed by atoms with Crippen molar-refractivity contribution in [1.82, 2.24) is 19.5 Å². The van der Waals surface area contributed by atoms with Crippen LogP contribution >= 0.6 is 11.3 Å². The lowest BCUT2D eigenvalue weighted by molar-refractivity contribution is -0.123. The highest BCUT2D eigenvalue weighted by molar-refractivity contribution is 7.17. The van der Waals surface area contributed by atoms with Crippen LogP contribution in [0.2, 0.25) is 0 Å². The minimum absolute atomic E-state index is 0.0791. The number of rotatable bonds is 7. The minimum Gasteiger partial charge on any atom is -0.493 e. The normalized spacial score (nSPS) is 16.5. The van der Waals surface area contributed by atoms with Gasteiger partial charge in [0.2, 0.25) is 16.7 Å². The maximum atomic E-state index is 11.6. The maximum absolute atomic E-state index is 11.6. The summed E-state index contributed by atoms with van der Waals surface area (Å²) in [4.78, 5) is 19.7. The molecule has 0 saturated carbocycles. The predicted octanol–water partition coefficient (Wildman–Crippen LogP) is 2.50. The smallest absolute Gasteiger partial charge is 0.230 e. The predicted molar refractivity (Wildman–Crippen MR) is 117 cm³/mol. The summed E-state index contributed by atoms with van der Waals surface area (Å²) in [5.74, 6) is 1.61. The molecule has 1 amide bonds. The van der Waals surface area contributed by atoms with Crippen molar-refractivity contribution in [2.75, 3.05) is 26.8 Å². The van der Waals surface area contributed by atoms with Crippen molar-refractivity contribution in [3.8, 4) is 17.4 Å². The number of piperidine rings is 1. The van der Waals surface area contributed by atoms with Gasteiger partial charge in [-0.2, -0.15) is 4.52 Å². The van der Waals surface area contributed by atoms with Crippen LogP contribution < -0.4 is 15.2 Å². The lowest BCUT2D eigenvalue weighted by Gasteiger charge is -2.36. The molecule has 3 heterocycles. The van der Waals surface area contributed by atoms with Crippen LogP contribution in [-0.2, 0) is 4.79 Å². The highest BCUT2D eigenvalue weighted by Crippen LogP contribution is 2.43. The molecule has 3 N–H and O–H groups in total. The fraction of sp³-hybridized carbons (Fsp3) is 0.476. The number of hydrogen-bond donors (Lipinski definition) is 2. The van der Waals surface area contributed by atoms with Gasteiger partial charge in [0.05, 0.1) is 24.6 Å². The molecule has 31 heavy (non-hydrogen) atoms. The second-order valence-electron chi connectivity index (χ2n) is 7.60. The Morgan fingerprint density at radius 2 is 2.10 bits per heavy atom. The summed E-state index contributed by atoms with van der Waals surface area (Å²) in [5.41, 5.74) is 6.48. The monoisotopic (exact) mass is 445 g/mol. The number of thiazole rings is 1. The number of ether oxygens (including phenoxy) is 2. The molecular formula is C21H27N5O4S. The SMILES string of the molecule is CCOc1ccc([C@@H](c2sc3nc(C)nn3c2O)N2CCC(C(N)=O)CC2)cc1OC. The second kappa shape index (κ2) is 8.72. The fourth-order valence-corrected chi connectivity index (χ4v) is 5.29. The summed E-state index contributed by atoms with van der Waals surface area (Å²) in [6, 6.07) is 5.57. The summed E-state index contributed by atoms with van der Waals surface area (Å²) < 4.78 is 12.7. The Hall–Kier alpha value is -2.85. The number of carbonyl (C=O) groups is 1. The van der Waals surface area contributed by atoms with Crippen LogP contribution in [0, 0.1) is 12.8 Å². The highest BCUT2D eigenvalue weighted by atomic mass is 32.1. The minimum atomic E-state index is -0.254. The van der Waals surface area contributed by atoms with Crippen LogP contribution in [-0.4, -0.2) is 57.3 Å². The molecule has 1 aliphatic heterocycles. The molecule has 1 saturated heterocycles. The Labute approximate surface area is 184 Å². The van der Waals surface area contributed by atoms with E-state index in [9.17, 15) is 9.90 Å². The number of carbonyl (C=O) groups excluding carboxylic acids is 1. The van der Waals surface area contributed by atoms with Crippen LogP contribution in [0.4, 0.5) is 0 Å². The van der Waals surface area contributed by atoms with Gasteiger partial charge in [-0.1, -0.05) is 17.4 Å². The van der Waals surface area contributed by atoms with Crippen LogP contribution in [0.25, 0.3) is 4.96 Å². The third kappa shape index (κ3) is 4.05. The zero-order chi connectivity index (χ0) is 22.1. The molecule has 10 heteroatoms. The zero-order valence-electron chi connectivity index (χ0n) is 17.9. The largest absolute Gasteiger partial charge is 0.493 e. The number of likely N-dealkylation sites (tertiary alicyclic amines) is 1. The van der Waals surface area contributed by atoms with E-state index in [1.54, 1.807) is 14.0 Å². The van der Waals surface area contributed by atoms with E-state index in [1.165, 1.54) is 15.9 Å². The van der Waals surface area contributed by atoms with Gasteiger partial charge >= 0.3 is 0 Å². The fourth-order valence-electron chi connectivity index (χ4n) is 4.13. The van der Waals surface area contributed by atoms with Crippen molar-refractivity contribution in [3.05, 3.63) is 34.5 Å². The van der Waals surface area contributed by atoms with Crippen molar-refractivity contribution in [2.45, 2.75) is 32.7 Å². The molecule has 0 unspecified atom stereocenters. The molecule has 3 aromatic rings. The van der Waals surface area contributed by atoms with E-state index in [0.717, 1.165) is 10.4 Å². The number of nitrogens with two attached hydrogens (primary N) is 1. The molecule has 9 nitrogen and oxygen atoms in total. The Balaban J connectivity index is 1.77. The van der Waals surface area contributed by atoms with Gasteiger partial charge < -0.3 is 20.3 Å². The molecule has 1 atom stereocenters. The molecule has 2 aromatic heterocycles. The first-order valence-corrected chi connectivity index (χ1v) is 11.1. The Morgan fingerprint density at radius 3 is 2.71 bits per heavy atom. The number of fused-ring (bicyclic) bond motifs is 1. The number of aryl methyl sites for hydroxylation is 1. The van der Waals surface area contributed by atoms with Gasteiger partial charge in [-0.3, -0.25) is 9.69 Å². The van der Waals surface area contributed by atoms with Crippen LogP contribution in [0.1, 0.15) is 42.1 Å². The molecule has 166 valence electrons. The van der Waals surface area contributed by atoms with Crippen LogP contribution in [0.5, 0.6) is 17.4 Å². The topological polar surface area (TPSA) is 115 Å². The van der Waals surface area contributed by atoms with E-state index < -0.39 is 0 Å². The van der Waals surface area contributed by atoms with Crippen molar-refractivity contribution in [2.24, 2.45) is 11.7 Å². The van der Waals surface area contributed by atoms with Gasteiger partial charge in [-0.25, -0.2) is 4.98 Å². The molecule has 1 aromatic carbocycles. The number of amides is 1. The van der Waals surface area contributed by atoms with Gasteiger partial charge in [-0.15, -0.1) is 5.10 Å². The molecule has 4 rings (SSSR count). The Morgan fingerprint density at radius 1 is 1.35 bits per heavy atom. The number of primary amides is 1. The van der Waals surface area contributed by atoms with Crippen LogP contribution in [0.3, 0.4) is 0 Å². The number of aromatic hydroxyl groups is 1. The van der Waals surface area contributed by atoms with Gasteiger partial charge in [0.25, 0.3) is 0 Å². The first-order valence-electron chi connectivity index (χ1n) is 10.3. The number of nitrogens with zero attached hydrogens (tertiary/aromatic N) is 4. The quantitative estimate of drug-likeness (QED) is 0.574. The lowest BCUT2D eigenvalue weighted by Crippen LogP contribution is -2.40. The average Bonchev–Trinajstić information content (AvgIpc) is 3.27. The molecular weight excluding hydrogens is 418 g/mol. The summed E-state index contributed by atoms with van der Waals surface area (Å²) in [7, 11) is 1.61. The molecule has 1 fully saturated rings. The number of hydrogen-bond acceptors (Lipinski definition) is 8. The Kier molecular flexibility index (Phi) is 6.01. The van der Waals surface area contributed by atoms with Crippen molar-refractivity contribution in [1.29, 1.82) is 0 Å². The van der Waals surface area contributed by atoms with E-state index in [-0.39, 0.29) is 23.7 Å². The molecule has 0 bridgehead atoms. The van der Waals surface area contributed by atoms with E-state index >= 15 is 0 Å². The summed E-state index contributed by atoms with van der Waals surface area (Å²) in [6.45, 7) is 5.61. The zero-order valence-corrected chi connectivity index (χ0v) is 18.7. The summed E-state index contributed by atoms with van der Waals surface area (Å²) >= 11 is 1.41. The molecule has 0 aliphatic carbocycles. The average molecular weight is 446 g/mol. The van der Waals surface area contributed by atoms with Crippen molar-refractivity contribution >= 4 is 22.2 Å². The van der Waals surface area contributed by atoms with Crippen molar-refractivity contribution in [3.63, 3.8) is 0 Å². The van der Waals surface area contributed by atoms with Gasteiger partial charge in [-0.05, 0) is 57.5 Å². The highest BCUT2D eigenvalue weighted by Gasteiger charge is 2.33. The van der Waals surface area contributed by atoms with Gasteiger partial charge in [0, 0.05) is 5.92 Å². The summed E-state index contributed by atoms with van der Waals surface area (Å²) in [5, 5.41) is 15.3. The first kappa shape index (κ1) is 21.4. The lowest BCUT2D eigenvalue weighted by atomic mass is 9.93. The van der Waals surface area contributed by atoms with Crippen LogP contribution in [0.15, 0.2) is 18.2 Å².